The minimum absolute atomic E-state index is 0.00308. The third-order valence-corrected chi connectivity index (χ3v) is 16.0. The molecule has 0 radical (unpaired) electrons. The number of benzene rings is 8. The highest BCUT2D eigenvalue weighted by Crippen LogP contribution is 2.70. The fourth-order valence-electron chi connectivity index (χ4n) is 13.2. The van der Waals surface area contributed by atoms with Crippen molar-refractivity contribution < 1.29 is 0 Å². The van der Waals surface area contributed by atoms with Crippen LogP contribution in [0.3, 0.4) is 0 Å². The second-order valence-corrected chi connectivity index (χ2v) is 19.9. The molecule has 5 aliphatic rings. The second-order valence-electron chi connectivity index (χ2n) is 19.9. The van der Waals surface area contributed by atoms with Crippen LogP contribution in [0.15, 0.2) is 206 Å². The maximum absolute atomic E-state index is 5.04. The van der Waals surface area contributed by atoms with Gasteiger partial charge in [-0.3, -0.25) is 0 Å². The largest absolute Gasteiger partial charge is 0.208 e. The highest BCUT2D eigenvalue weighted by atomic mass is 15.0. The summed E-state index contributed by atoms with van der Waals surface area (Å²) in [5.41, 5.74) is 16.6. The molecule has 10 aromatic rings. The van der Waals surface area contributed by atoms with E-state index < -0.39 is 0 Å². The van der Waals surface area contributed by atoms with Crippen LogP contribution >= 0.6 is 0 Å². The molecular formula is C64H48N6. The van der Waals surface area contributed by atoms with Crippen LogP contribution in [0.2, 0.25) is 0 Å². The minimum Gasteiger partial charge on any atom is -0.208 e. The van der Waals surface area contributed by atoms with Crippen LogP contribution in [0.5, 0.6) is 0 Å². The summed E-state index contributed by atoms with van der Waals surface area (Å²) in [6, 6.07) is 73.1. The van der Waals surface area contributed by atoms with Gasteiger partial charge < -0.3 is 0 Å². The van der Waals surface area contributed by atoms with Crippen molar-refractivity contribution in [2.45, 2.75) is 37.5 Å². The fraction of sp³-hybridized carbons (Fsp3) is 0.156. The van der Waals surface area contributed by atoms with Crippen molar-refractivity contribution in [1.29, 1.82) is 0 Å². The lowest BCUT2D eigenvalue weighted by Crippen LogP contribution is -2.55. The molecule has 4 bridgehead atoms. The van der Waals surface area contributed by atoms with E-state index in [0.29, 0.717) is 46.8 Å². The quantitative estimate of drug-likeness (QED) is 0.151. The number of hydrogen-bond donors (Lipinski definition) is 0. The summed E-state index contributed by atoms with van der Waals surface area (Å²) >= 11 is 0. The Hall–Kier alpha value is -8.22. The Balaban J connectivity index is 0.851. The van der Waals surface area contributed by atoms with Crippen LogP contribution in [0.25, 0.3) is 102 Å². The van der Waals surface area contributed by atoms with E-state index in [9.17, 15) is 0 Å². The molecule has 334 valence electrons. The van der Waals surface area contributed by atoms with Gasteiger partial charge in [-0.25, -0.2) is 29.9 Å². The van der Waals surface area contributed by atoms with Gasteiger partial charge in [-0.2, -0.15) is 0 Å². The number of fused-ring (bicyclic) bond motifs is 3. The molecule has 6 heteroatoms. The third-order valence-electron chi connectivity index (χ3n) is 16.0. The first-order chi connectivity index (χ1) is 34.6. The number of aromatic nitrogens is 6. The maximum Gasteiger partial charge on any atom is 0.164 e. The minimum atomic E-state index is 0.00308. The molecule has 2 aromatic heterocycles. The fourth-order valence-corrected chi connectivity index (χ4v) is 13.2. The summed E-state index contributed by atoms with van der Waals surface area (Å²) in [5, 5.41) is 0. The molecule has 4 fully saturated rings. The Kier molecular flexibility index (Phi) is 9.61. The predicted molar refractivity (Wildman–Crippen MR) is 280 cm³/mol. The molecule has 2 heterocycles. The SMILES string of the molecule is c1ccc(-c2nc(-c3ccccc3)nc(-c3ccc(-c4ccc5c(c4)C4(c6cccc(-c7ccc(-c8nc(-c9ccccc9)nc(-c9ccccc9)n8)cc7)c6-5)C5CC6CC(C5)CC4C6)cc3)n2)cc1. The first-order valence-corrected chi connectivity index (χ1v) is 24.9. The van der Waals surface area contributed by atoms with Gasteiger partial charge in [0.15, 0.2) is 34.9 Å². The lowest BCUT2D eigenvalue weighted by molar-refractivity contribution is -0.0399. The molecule has 6 nitrogen and oxygen atoms in total. The summed E-state index contributed by atoms with van der Waals surface area (Å²) in [6.45, 7) is 0. The normalized spacial score (nSPS) is 20.3. The van der Waals surface area contributed by atoms with Crippen molar-refractivity contribution in [3.05, 3.63) is 217 Å². The Labute approximate surface area is 408 Å². The van der Waals surface area contributed by atoms with Crippen LogP contribution in [-0.4, -0.2) is 29.9 Å². The Morgan fingerprint density at radius 3 is 1.04 bits per heavy atom. The zero-order valence-corrected chi connectivity index (χ0v) is 38.7. The Morgan fingerprint density at radius 1 is 0.271 bits per heavy atom. The zero-order valence-electron chi connectivity index (χ0n) is 38.7. The lowest BCUT2D eigenvalue weighted by atomic mass is 9.43. The summed E-state index contributed by atoms with van der Waals surface area (Å²) in [5.74, 6) is 6.99. The van der Waals surface area contributed by atoms with Gasteiger partial charge in [0.05, 0.1) is 0 Å². The van der Waals surface area contributed by atoms with E-state index in [1.807, 2.05) is 72.8 Å². The smallest absolute Gasteiger partial charge is 0.164 e. The van der Waals surface area contributed by atoms with Gasteiger partial charge in [0.25, 0.3) is 0 Å². The molecular weight excluding hydrogens is 853 g/mol. The van der Waals surface area contributed by atoms with E-state index in [1.165, 1.54) is 71.0 Å². The van der Waals surface area contributed by atoms with Crippen molar-refractivity contribution in [2.75, 3.05) is 0 Å². The van der Waals surface area contributed by atoms with E-state index in [4.69, 9.17) is 29.9 Å². The molecule has 0 aliphatic heterocycles. The molecule has 5 aliphatic carbocycles. The van der Waals surface area contributed by atoms with Crippen molar-refractivity contribution in [1.82, 2.24) is 29.9 Å². The van der Waals surface area contributed by atoms with E-state index in [-0.39, 0.29) is 5.41 Å². The van der Waals surface area contributed by atoms with Gasteiger partial charge in [0, 0.05) is 38.8 Å². The Bertz CT molecular complexity index is 3430. The summed E-state index contributed by atoms with van der Waals surface area (Å²) < 4.78 is 0. The number of nitrogens with zero attached hydrogens (tertiary/aromatic N) is 6. The topological polar surface area (TPSA) is 77.3 Å². The van der Waals surface area contributed by atoms with Gasteiger partial charge in [-0.15, -0.1) is 0 Å². The van der Waals surface area contributed by atoms with Gasteiger partial charge in [0.1, 0.15) is 0 Å². The van der Waals surface area contributed by atoms with Gasteiger partial charge in [-0.05, 0) is 106 Å². The van der Waals surface area contributed by atoms with E-state index in [1.54, 1.807) is 5.56 Å². The molecule has 0 unspecified atom stereocenters. The molecule has 0 amide bonds. The molecule has 0 atom stereocenters. The van der Waals surface area contributed by atoms with Crippen LogP contribution in [-0.2, 0) is 5.41 Å². The molecule has 0 N–H and O–H groups in total. The second kappa shape index (κ2) is 16.5. The first kappa shape index (κ1) is 40.8. The van der Waals surface area contributed by atoms with Gasteiger partial charge in [0.2, 0.25) is 0 Å². The van der Waals surface area contributed by atoms with Crippen molar-refractivity contribution in [3.63, 3.8) is 0 Å². The molecule has 0 saturated heterocycles. The summed E-state index contributed by atoms with van der Waals surface area (Å²) in [7, 11) is 0. The first-order valence-electron chi connectivity index (χ1n) is 24.9. The number of rotatable bonds is 8. The van der Waals surface area contributed by atoms with E-state index in [0.717, 1.165) is 45.2 Å². The van der Waals surface area contributed by atoms with Crippen LogP contribution < -0.4 is 0 Å². The average Bonchev–Trinajstić information content (AvgIpc) is 3.73. The van der Waals surface area contributed by atoms with E-state index >= 15 is 0 Å². The Morgan fingerprint density at radius 2 is 0.629 bits per heavy atom. The van der Waals surface area contributed by atoms with Crippen molar-refractivity contribution in [3.8, 4) is 102 Å². The average molecular weight is 901 g/mol. The lowest BCUT2D eigenvalue weighted by Gasteiger charge is -2.61. The molecule has 8 aromatic carbocycles. The standard InChI is InChI=1S/C64H48N6/c1-5-14-44(15-6-1)58-65-59(45-16-7-2-8-17-45)68-62(67-58)48-28-24-42(25-29-48)50-32-33-54-56(39-50)64(51-35-40-34-41(37-51)38-52(64)36-40)55-23-13-22-53(57(54)55)43-26-30-49(31-27-43)63-69-60(46-18-9-3-10-19-46)66-61(70-63)47-20-11-4-12-21-47/h1-33,39-41,51-52H,34-38H2. The maximum atomic E-state index is 5.04. The van der Waals surface area contributed by atoms with Crippen molar-refractivity contribution >= 4 is 0 Å². The predicted octanol–water partition coefficient (Wildman–Crippen LogP) is 15.1. The monoisotopic (exact) mass is 900 g/mol. The summed E-state index contributed by atoms with van der Waals surface area (Å²) in [6.07, 6.45) is 6.73. The highest BCUT2D eigenvalue weighted by molar-refractivity contribution is 5.94. The van der Waals surface area contributed by atoms with Crippen LogP contribution in [0.1, 0.15) is 43.2 Å². The van der Waals surface area contributed by atoms with Crippen LogP contribution in [0, 0.1) is 23.7 Å². The van der Waals surface area contributed by atoms with E-state index in [2.05, 4.69) is 133 Å². The highest BCUT2D eigenvalue weighted by Gasteiger charge is 2.61. The molecule has 15 rings (SSSR count). The third kappa shape index (κ3) is 6.76. The molecule has 1 spiro atoms. The zero-order chi connectivity index (χ0) is 46.2. The van der Waals surface area contributed by atoms with Gasteiger partial charge >= 0.3 is 0 Å². The van der Waals surface area contributed by atoms with Gasteiger partial charge in [-0.1, -0.05) is 200 Å². The molecule has 70 heavy (non-hydrogen) atoms. The number of hydrogen-bond acceptors (Lipinski definition) is 6. The van der Waals surface area contributed by atoms with Crippen molar-refractivity contribution in [2.24, 2.45) is 23.7 Å². The molecule has 4 saturated carbocycles. The van der Waals surface area contributed by atoms with Crippen LogP contribution in [0.4, 0.5) is 0 Å². The summed E-state index contributed by atoms with van der Waals surface area (Å²) in [4.78, 5) is 30.0.